The smallest absolute Gasteiger partial charge is 0.247 e. The van der Waals surface area contributed by atoms with Gasteiger partial charge in [-0.15, -0.1) is 0 Å². The standard InChI is InChI=1S/C37H40N4O2/c1-28(2)41(32-16-8-4-9-17-32)37(43)27-40-34-19-12-11-18-33(34)39-35(40)20-10-5-13-25-38-36(42)26-29-21-23-31(24-22-29)30-14-6-3-7-15-30/h3-4,6-9,11-12,14-19,21-24,28H,5,10,13,20,25-27H2,1-2H3,(H,38,42). The quantitative estimate of drug-likeness (QED) is 0.152. The molecular weight excluding hydrogens is 532 g/mol. The van der Waals surface area contributed by atoms with Crippen LogP contribution >= 0.6 is 0 Å². The fraction of sp³-hybridized carbons (Fsp3) is 0.270. The number of fused-ring (bicyclic) bond motifs is 1. The Labute approximate surface area is 254 Å². The third kappa shape index (κ3) is 7.77. The van der Waals surface area contributed by atoms with E-state index in [0.29, 0.717) is 13.0 Å². The lowest BCUT2D eigenvalue weighted by Crippen LogP contribution is -2.39. The molecule has 220 valence electrons. The van der Waals surface area contributed by atoms with Crippen molar-refractivity contribution in [2.45, 2.75) is 58.5 Å². The van der Waals surface area contributed by atoms with Crippen LogP contribution in [0.3, 0.4) is 0 Å². The summed E-state index contributed by atoms with van der Waals surface area (Å²) in [4.78, 5) is 32.8. The summed E-state index contributed by atoms with van der Waals surface area (Å²) >= 11 is 0. The van der Waals surface area contributed by atoms with E-state index in [1.54, 1.807) is 0 Å². The molecule has 6 heteroatoms. The molecule has 0 atom stereocenters. The summed E-state index contributed by atoms with van der Waals surface area (Å²) in [6.45, 7) is 4.97. The lowest BCUT2D eigenvalue weighted by molar-refractivity contribution is -0.120. The zero-order valence-corrected chi connectivity index (χ0v) is 25.1. The number of nitrogens with one attached hydrogen (secondary N) is 1. The van der Waals surface area contributed by atoms with E-state index < -0.39 is 0 Å². The number of para-hydroxylation sites is 3. The second-order valence-corrected chi connectivity index (χ2v) is 11.2. The highest BCUT2D eigenvalue weighted by Crippen LogP contribution is 2.22. The van der Waals surface area contributed by atoms with Crippen molar-refractivity contribution < 1.29 is 9.59 Å². The predicted molar refractivity (Wildman–Crippen MR) is 175 cm³/mol. The Hall–Kier alpha value is -4.71. The highest BCUT2D eigenvalue weighted by atomic mass is 16.2. The van der Waals surface area contributed by atoms with Crippen LogP contribution in [0.5, 0.6) is 0 Å². The molecule has 0 saturated carbocycles. The van der Waals surface area contributed by atoms with E-state index in [1.165, 1.54) is 5.56 Å². The van der Waals surface area contributed by atoms with Crippen molar-refractivity contribution in [2.24, 2.45) is 0 Å². The number of hydrogen-bond acceptors (Lipinski definition) is 3. The highest BCUT2D eigenvalue weighted by Gasteiger charge is 2.21. The van der Waals surface area contributed by atoms with Crippen LogP contribution in [0.4, 0.5) is 5.69 Å². The van der Waals surface area contributed by atoms with Crippen molar-refractivity contribution in [3.05, 3.63) is 121 Å². The number of unbranched alkanes of at least 4 members (excludes halogenated alkanes) is 2. The molecule has 0 spiro atoms. The lowest BCUT2D eigenvalue weighted by atomic mass is 10.0. The zero-order valence-electron chi connectivity index (χ0n) is 25.1. The molecular formula is C37H40N4O2. The molecule has 5 aromatic rings. The fourth-order valence-electron chi connectivity index (χ4n) is 5.53. The molecule has 5 rings (SSSR count). The van der Waals surface area contributed by atoms with Gasteiger partial charge in [0, 0.05) is 24.7 Å². The van der Waals surface area contributed by atoms with Crippen LogP contribution in [-0.4, -0.2) is 34.0 Å². The Morgan fingerprint density at radius 3 is 2.14 bits per heavy atom. The number of aromatic nitrogens is 2. The Morgan fingerprint density at radius 1 is 0.767 bits per heavy atom. The van der Waals surface area contributed by atoms with E-state index in [9.17, 15) is 9.59 Å². The van der Waals surface area contributed by atoms with Crippen LogP contribution in [0.2, 0.25) is 0 Å². The first kappa shape index (κ1) is 29.8. The van der Waals surface area contributed by atoms with Gasteiger partial charge in [0.15, 0.2) is 0 Å². The van der Waals surface area contributed by atoms with Gasteiger partial charge in [-0.2, -0.15) is 0 Å². The maximum absolute atomic E-state index is 13.6. The highest BCUT2D eigenvalue weighted by molar-refractivity contribution is 5.94. The van der Waals surface area contributed by atoms with E-state index in [0.717, 1.165) is 59.4 Å². The lowest BCUT2D eigenvalue weighted by Gasteiger charge is -2.27. The van der Waals surface area contributed by atoms with E-state index in [-0.39, 0.29) is 24.4 Å². The fourth-order valence-corrected chi connectivity index (χ4v) is 5.53. The SMILES string of the molecule is CC(C)N(C(=O)Cn1c(CCCCCNC(=O)Cc2ccc(-c3ccccc3)cc2)nc2ccccc21)c1ccccc1. The Kier molecular flexibility index (Phi) is 10.0. The normalized spacial score (nSPS) is 11.1. The van der Waals surface area contributed by atoms with Gasteiger partial charge in [-0.25, -0.2) is 4.98 Å². The molecule has 0 aliphatic rings. The topological polar surface area (TPSA) is 67.2 Å². The molecule has 0 aliphatic heterocycles. The molecule has 0 bridgehead atoms. The van der Waals surface area contributed by atoms with E-state index in [1.807, 2.05) is 104 Å². The third-order valence-corrected chi connectivity index (χ3v) is 7.67. The van der Waals surface area contributed by atoms with Crippen LogP contribution < -0.4 is 10.2 Å². The van der Waals surface area contributed by atoms with Gasteiger partial charge >= 0.3 is 0 Å². The number of anilines is 1. The number of carbonyl (C=O) groups excluding carboxylic acids is 2. The summed E-state index contributed by atoms with van der Waals surface area (Å²) in [5, 5.41) is 3.06. The second-order valence-electron chi connectivity index (χ2n) is 11.2. The van der Waals surface area contributed by atoms with Crippen molar-refractivity contribution in [2.75, 3.05) is 11.4 Å². The van der Waals surface area contributed by atoms with Crippen LogP contribution in [0.1, 0.15) is 44.5 Å². The molecule has 6 nitrogen and oxygen atoms in total. The largest absolute Gasteiger partial charge is 0.356 e. The number of carbonyl (C=O) groups is 2. The van der Waals surface area contributed by atoms with Gasteiger partial charge in [-0.3, -0.25) is 9.59 Å². The van der Waals surface area contributed by atoms with Gasteiger partial charge in [-0.1, -0.05) is 91.3 Å². The average Bonchev–Trinajstić information content (AvgIpc) is 3.37. The van der Waals surface area contributed by atoms with Gasteiger partial charge in [0.05, 0.1) is 17.5 Å². The van der Waals surface area contributed by atoms with Gasteiger partial charge in [0.1, 0.15) is 12.4 Å². The van der Waals surface area contributed by atoms with E-state index in [2.05, 4.69) is 34.1 Å². The average molecular weight is 573 g/mol. The minimum atomic E-state index is 0.0389. The predicted octanol–water partition coefficient (Wildman–Crippen LogP) is 7.22. The number of nitrogens with zero attached hydrogens (tertiary/aromatic N) is 3. The molecule has 1 heterocycles. The summed E-state index contributed by atoms with van der Waals surface area (Å²) in [7, 11) is 0. The van der Waals surface area contributed by atoms with Crippen LogP contribution in [0.25, 0.3) is 22.2 Å². The summed E-state index contributed by atoms with van der Waals surface area (Å²) in [6, 6.07) is 36.3. The Bertz CT molecular complexity index is 1630. The molecule has 1 N–H and O–H groups in total. The van der Waals surface area contributed by atoms with E-state index >= 15 is 0 Å². The third-order valence-electron chi connectivity index (χ3n) is 7.67. The second kappa shape index (κ2) is 14.5. The maximum atomic E-state index is 13.6. The molecule has 4 aromatic carbocycles. The molecule has 2 amide bonds. The molecule has 0 unspecified atom stereocenters. The molecule has 0 saturated heterocycles. The van der Waals surface area contributed by atoms with Crippen molar-refractivity contribution in [3.63, 3.8) is 0 Å². The minimum absolute atomic E-state index is 0.0389. The van der Waals surface area contributed by atoms with E-state index in [4.69, 9.17) is 4.98 Å². The molecule has 0 aliphatic carbocycles. The van der Waals surface area contributed by atoms with Crippen molar-refractivity contribution in [3.8, 4) is 11.1 Å². The summed E-state index contributed by atoms with van der Waals surface area (Å²) in [6.07, 6.45) is 3.94. The maximum Gasteiger partial charge on any atom is 0.247 e. The number of imidazole rings is 1. The number of hydrogen-bond donors (Lipinski definition) is 1. The van der Waals surface area contributed by atoms with Crippen LogP contribution in [-0.2, 0) is 29.0 Å². The van der Waals surface area contributed by atoms with Gasteiger partial charge in [-0.05, 0) is 67.6 Å². The zero-order chi connectivity index (χ0) is 30.0. The number of benzene rings is 4. The number of amides is 2. The first-order valence-electron chi connectivity index (χ1n) is 15.2. The van der Waals surface area contributed by atoms with Gasteiger partial charge in [0.2, 0.25) is 11.8 Å². The molecule has 0 radical (unpaired) electrons. The Balaban J connectivity index is 1.11. The summed E-state index contributed by atoms with van der Waals surface area (Å²) < 4.78 is 2.07. The molecule has 0 fully saturated rings. The first-order valence-corrected chi connectivity index (χ1v) is 15.2. The molecule has 43 heavy (non-hydrogen) atoms. The number of aryl methyl sites for hydroxylation is 1. The van der Waals surface area contributed by atoms with Crippen molar-refractivity contribution in [1.29, 1.82) is 0 Å². The summed E-state index contributed by atoms with van der Waals surface area (Å²) in [5.41, 5.74) is 6.12. The Morgan fingerprint density at radius 2 is 1.42 bits per heavy atom. The molecule has 1 aromatic heterocycles. The number of rotatable bonds is 13. The van der Waals surface area contributed by atoms with Crippen molar-refractivity contribution >= 4 is 28.5 Å². The monoisotopic (exact) mass is 572 g/mol. The minimum Gasteiger partial charge on any atom is -0.356 e. The van der Waals surface area contributed by atoms with Crippen molar-refractivity contribution in [1.82, 2.24) is 14.9 Å². The van der Waals surface area contributed by atoms with Crippen LogP contribution in [0.15, 0.2) is 109 Å². The first-order chi connectivity index (χ1) is 21.0. The summed E-state index contributed by atoms with van der Waals surface area (Å²) in [5.74, 6) is 1.01. The van der Waals surface area contributed by atoms with Crippen LogP contribution in [0, 0.1) is 0 Å². The van der Waals surface area contributed by atoms with Gasteiger partial charge in [0.25, 0.3) is 0 Å². The van der Waals surface area contributed by atoms with Gasteiger partial charge < -0.3 is 14.8 Å².